The van der Waals surface area contributed by atoms with Crippen LogP contribution in [-0.4, -0.2) is 35.6 Å². The van der Waals surface area contributed by atoms with Gasteiger partial charge in [-0.2, -0.15) is 0 Å². The van der Waals surface area contributed by atoms with E-state index in [1.165, 1.54) is 36.5 Å². The summed E-state index contributed by atoms with van der Waals surface area (Å²) in [5.74, 6) is 0.333. The van der Waals surface area contributed by atoms with Crippen LogP contribution in [0, 0.1) is 5.41 Å². The van der Waals surface area contributed by atoms with Gasteiger partial charge in [0.25, 0.3) is 0 Å². The van der Waals surface area contributed by atoms with E-state index in [1.807, 2.05) is 6.92 Å². The van der Waals surface area contributed by atoms with Gasteiger partial charge < -0.3 is 10.1 Å². The van der Waals surface area contributed by atoms with E-state index in [-0.39, 0.29) is 17.8 Å². The highest BCUT2D eigenvalue weighted by Crippen LogP contribution is 2.26. The third-order valence-corrected chi connectivity index (χ3v) is 3.96. The smallest absolute Gasteiger partial charge is 0.406 e. The van der Waals surface area contributed by atoms with Gasteiger partial charge in [-0.15, -0.1) is 13.2 Å². The summed E-state index contributed by atoms with van der Waals surface area (Å²) in [6.45, 7) is 2.02. The number of hydroxylamine groups is 1. The first-order chi connectivity index (χ1) is 13.7. The molecule has 3 N–H and O–H groups in total. The van der Waals surface area contributed by atoms with Crippen LogP contribution < -0.4 is 21.0 Å². The molecule has 0 radical (unpaired) electrons. The Morgan fingerprint density at radius 3 is 2.59 bits per heavy atom. The fourth-order valence-electron chi connectivity index (χ4n) is 2.56. The fourth-order valence-corrected chi connectivity index (χ4v) is 2.56. The van der Waals surface area contributed by atoms with E-state index in [4.69, 9.17) is 10.2 Å². The number of benzene rings is 1. The number of amides is 1. The maximum atomic E-state index is 12.4. The lowest BCUT2D eigenvalue weighted by atomic mass is 10.1. The van der Waals surface area contributed by atoms with Crippen molar-refractivity contribution in [2.45, 2.75) is 25.9 Å². The van der Waals surface area contributed by atoms with Crippen molar-refractivity contribution < 1.29 is 27.5 Å². The second kappa shape index (κ2) is 8.35. The lowest BCUT2D eigenvalue weighted by Gasteiger charge is -2.12. The molecule has 1 atom stereocenters. The van der Waals surface area contributed by atoms with Crippen molar-refractivity contribution in [3.8, 4) is 16.9 Å². The van der Waals surface area contributed by atoms with Gasteiger partial charge in [-0.3, -0.25) is 15.5 Å². The highest BCUT2D eigenvalue weighted by molar-refractivity contribution is 5.82. The van der Waals surface area contributed by atoms with Crippen LogP contribution in [-0.2, 0) is 4.84 Å². The molecule has 3 rings (SSSR count). The molecule has 1 aromatic carbocycles. The Kier molecular flexibility index (Phi) is 5.87. The molecule has 0 saturated carbocycles. The first-order valence-electron chi connectivity index (χ1n) is 8.65. The Morgan fingerprint density at radius 2 is 1.97 bits per heavy atom. The number of pyridine rings is 1. The lowest BCUT2D eigenvalue weighted by molar-refractivity contribution is -0.274. The molecular weight excluding hydrogens is 391 g/mol. The predicted octanol–water partition coefficient (Wildman–Crippen LogP) is 2.76. The van der Waals surface area contributed by atoms with E-state index in [0.29, 0.717) is 23.4 Å². The third kappa shape index (κ3) is 5.35. The zero-order valence-electron chi connectivity index (χ0n) is 15.3. The molecule has 2 aromatic rings. The molecule has 0 saturated heterocycles. The fraction of sp³-hybridized carbons (Fsp3) is 0.278. The van der Waals surface area contributed by atoms with E-state index in [0.717, 1.165) is 4.57 Å². The zero-order chi connectivity index (χ0) is 21.0. The van der Waals surface area contributed by atoms with Crippen molar-refractivity contribution in [1.29, 1.82) is 5.41 Å². The molecule has 0 fully saturated rings. The van der Waals surface area contributed by atoms with Gasteiger partial charge >= 0.3 is 12.4 Å². The van der Waals surface area contributed by atoms with Crippen LogP contribution >= 0.6 is 0 Å². The number of aliphatic imine (C=N–C) groups is 1. The minimum atomic E-state index is -4.77. The van der Waals surface area contributed by atoms with Gasteiger partial charge in [-0.25, -0.2) is 14.6 Å². The Balaban J connectivity index is 1.71. The summed E-state index contributed by atoms with van der Waals surface area (Å²) < 4.78 is 41.7. The molecule has 1 aliphatic rings. The second-order valence-electron chi connectivity index (χ2n) is 6.04. The van der Waals surface area contributed by atoms with Crippen molar-refractivity contribution in [2.24, 2.45) is 4.99 Å². The SMILES string of the molecule is CCC1=NC(CNC(=O)n2cc(-c3ccc(OC(F)(F)F)cc3)ccc2=N)ON1. The topological polar surface area (TPSA) is 101 Å². The van der Waals surface area contributed by atoms with E-state index < -0.39 is 18.6 Å². The number of rotatable bonds is 5. The molecule has 8 nitrogen and oxygen atoms in total. The highest BCUT2D eigenvalue weighted by atomic mass is 19.4. The minimum Gasteiger partial charge on any atom is -0.406 e. The molecule has 0 bridgehead atoms. The number of carbonyl (C=O) groups excluding carboxylic acids is 1. The summed E-state index contributed by atoms with van der Waals surface area (Å²) in [6.07, 6.45) is -3.24. The number of amidine groups is 1. The number of hydrogen-bond donors (Lipinski definition) is 3. The second-order valence-corrected chi connectivity index (χ2v) is 6.04. The number of aromatic nitrogens is 1. The molecule has 1 unspecified atom stereocenters. The number of nitrogens with zero attached hydrogens (tertiary/aromatic N) is 2. The van der Waals surface area contributed by atoms with Crippen molar-refractivity contribution in [1.82, 2.24) is 15.4 Å². The standard InChI is InChI=1S/C18H18F3N5O3/c1-2-15-24-16(29-25-15)9-23-17(27)26-10-12(5-8-14(26)22)11-3-6-13(7-4-11)28-18(19,20)21/h3-8,10,16,22H,2,9H2,1H3,(H,23,27)(H,24,25). The van der Waals surface area contributed by atoms with Crippen molar-refractivity contribution in [2.75, 3.05) is 6.54 Å². The number of carbonyl (C=O) groups is 1. The van der Waals surface area contributed by atoms with Crippen LogP contribution in [0.5, 0.6) is 5.75 Å². The molecule has 2 heterocycles. The Morgan fingerprint density at radius 1 is 1.28 bits per heavy atom. The van der Waals surface area contributed by atoms with Crippen LogP contribution in [0.3, 0.4) is 0 Å². The minimum absolute atomic E-state index is 0.0634. The average Bonchev–Trinajstić information content (AvgIpc) is 3.14. The Hall–Kier alpha value is -3.34. The van der Waals surface area contributed by atoms with Gasteiger partial charge in [-0.1, -0.05) is 19.1 Å². The van der Waals surface area contributed by atoms with Gasteiger partial charge in [0.1, 0.15) is 17.1 Å². The van der Waals surface area contributed by atoms with E-state index in [2.05, 4.69) is 20.5 Å². The number of ether oxygens (including phenoxy) is 1. The molecule has 0 spiro atoms. The lowest BCUT2D eigenvalue weighted by Crippen LogP contribution is -2.39. The number of alkyl halides is 3. The van der Waals surface area contributed by atoms with Crippen LogP contribution in [0.25, 0.3) is 11.1 Å². The average molecular weight is 409 g/mol. The summed E-state index contributed by atoms with van der Waals surface area (Å²) in [5.41, 5.74) is 3.69. The van der Waals surface area contributed by atoms with E-state index >= 15 is 0 Å². The third-order valence-electron chi connectivity index (χ3n) is 3.96. The summed E-state index contributed by atoms with van der Waals surface area (Å²) in [4.78, 5) is 21.8. The number of nitrogens with one attached hydrogen (secondary N) is 3. The van der Waals surface area contributed by atoms with Crippen LogP contribution in [0.15, 0.2) is 47.6 Å². The first kappa shape index (κ1) is 20.4. The largest absolute Gasteiger partial charge is 0.573 e. The molecule has 154 valence electrons. The quantitative estimate of drug-likeness (QED) is 0.707. The monoisotopic (exact) mass is 409 g/mol. The summed E-state index contributed by atoms with van der Waals surface area (Å²) in [6, 6.07) is 7.66. The van der Waals surface area contributed by atoms with Crippen molar-refractivity contribution in [3.63, 3.8) is 0 Å². The molecule has 1 aromatic heterocycles. The summed E-state index contributed by atoms with van der Waals surface area (Å²) in [7, 11) is 0. The highest BCUT2D eigenvalue weighted by Gasteiger charge is 2.31. The first-order valence-corrected chi connectivity index (χ1v) is 8.65. The van der Waals surface area contributed by atoms with Crippen LogP contribution in [0.1, 0.15) is 13.3 Å². The summed E-state index contributed by atoms with van der Waals surface area (Å²) >= 11 is 0. The molecular formula is C18H18F3N5O3. The van der Waals surface area contributed by atoms with Gasteiger partial charge in [-0.05, 0) is 35.4 Å². The van der Waals surface area contributed by atoms with E-state index in [9.17, 15) is 18.0 Å². The van der Waals surface area contributed by atoms with Crippen molar-refractivity contribution in [3.05, 3.63) is 48.1 Å². The van der Waals surface area contributed by atoms with Crippen LogP contribution in [0.4, 0.5) is 18.0 Å². The van der Waals surface area contributed by atoms with Crippen molar-refractivity contribution >= 4 is 11.9 Å². The molecule has 0 aliphatic carbocycles. The molecule has 1 aliphatic heterocycles. The van der Waals surface area contributed by atoms with Gasteiger partial charge in [0.15, 0.2) is 6.23 Å². The van der Waals surface area contributed by atoms with Gasteiger partial charge in [0.2, 0.25) is 0 Å². The molecule has 11 heteroatoms. The Bertz CT molecular complexity index is 970. The molecule has 1 amide bonds. The maximum absolute atomic E-state index is 12.4. The number of hydrogen-bond acceptors (Lipinski definition) is 6. The predicted molar refractivity (Wildman–Crippen MR) is 96.9 cm³/mol. The summed E-state index contributed by atoms with van der Waals surface area (Å²) in [5, 5.41) is 10.6. The Labute approximate surface area is 163 Å². The van der Waals surface area contributed by atoms with Gasteiger partial charge in [0, 0.05) is 12.6 Å². The van der Waals surface area contributed by atoms with E-state index in [1.54, 1.807) is 6.07 Å². The molecule has 29 heavy (non-hydrogen) atoms. The van der Waals surface area contributed by atoms with Gasteiger partial charge in [0.05, 0.1) is 6.54 Å². The number of halogens is 3. The maximum Gasteiger partial charge on any atom is 0.573 e. The normalized spacial score (nSPS) is 16.1. The zero-order valence-corrected chi connectivity index (χ0v) is 15.3. The van der Waals surface area contributed by atoms with Crippen LogP contribution in [0.2, 0.25) is 0 Å².